The highest BCUT2D eigenvalue weighted by molar-refractivity contribution is 5.87. The van der Waals surface area contributed by atoms with E-state index in [0.29, 0.717) is 0 Å². The summed E-state index contributed by atoms with van der Waals surface area (Å²) >= 11 is 0. The summed E-state index contributed by atoms with van der Waals surface area (Å²) in [5.41, 5.74) is 0.182. The molecule has 0 radical (unpaired) electrons. The van der Waals surface area contributed by atoms with Crippen LogP contribution < -0.4 is 10.6 Å². The third-order valence-corrected chi connectivity index (χ3v) is 4.76. The third-order valence-electron chi connectivity index (χ3n) is 4.76. The lowest BCUT2D eigenvalue weighted by Gasteiger charge is -2.23. The van der Waals surface area contributed by atoms with Crippen LogP contribution in [0.1, 0.15) is 32.1 Å². The Labute approximate surface area is 106 Å². The van der Waals surface area contributed by atoms with Crippen molar-refractivity contribution in [1.82, 2.24) is 10.6 Å². The Balaban J connectivity index is 1.57. The predicted molar refractivity (Wildman–Crippen MR) is 64.9 cm³/mol. The summed E-state index contributed by atoms with van der Waals surface area (Å²) in [6, 6.07) is -0.656. The Morgan fingerprint density at radius 3 is 2.50 bits per heavy atom. The van der Waals surface area contributed by atoms with E-state index >= 15 is 0 Å². The molecule has 0 aromatic rings. The number of carbonyl (C=O) groups is 2. The molecule has 1 amide bonds. The quantitative estimate of drug-likeness (QED) is 0.675. The average molecular weight is 252 g/mol. The molecule has 1 heterocycles. The van der Waals surface area contributed by atoms with Gasteiger partial charge in [-0.1, -0.05) is 0 Å². The number of carbonyl (C=O) groups excluding carboxylic acids is 1. The third kappa shape index (κ3) is 2.11. The molecule has 2 unspecified atom stereocenters. The number of carboxylic acids is 1. The fourth-order valence-corrected chi connectivity index (χ4v) is 3.26. The lowest BCUT2D eigenvalue weighted by Crippen LogP contribution is -2.44. The van der Waals surface area contributed by atoms with Crippen molar-refractivity contribution in [1.29, 1.82) is 0 Å². The maximum Gasteiger partial charge on any atom is 0.326 e. The molecule has 2 atom stereocenters. The minimum absolute atomic E-state index is 0.0313. The zero-order chi connectivity index (χ0) is 12.8. The first-order valence-electron chi connectivity index (χ1n) is 6.86. The summed E-state index contributed by atoms with van der Waals surface area (Å²) in [7, 11) is 0. The number of nitrogens with one attached hydrogen (secondary N) is 2. The average Bonchev–Trinajstić information content (AvgIpc) is 3.23. The van der Waals surface area contributed by atoms with E-state index in [1.54, 1.807) is 0 Å². The van der Waals surface area contributed by atoms with Crippen molar-refractivity contribution in [2.24, 2.45) is 17.3 Å². The second-order valence-electron chi connectivity index (χ2n) is 6.03. The largest absolute Gasteiger partial charge is 0.480 e. The van der Waals surface area contributed by atoms with Crippen LogP contribution in [0.4, 0.5) is 0 Å². The molecule has 3 N–H and O–H groups in total. The van der Waals surface area contributed by atoms with Gasteiger partial charge in [-0.3, -0.25) is 4.79 Å². The number of aliphatic carboxylic acids is 1. The van der Waals surface area contributed by atoms with Gasteiger partial charge in [-0.05, 0) is 56.5 Å². The van der Waals surface area contributed by atoms with Crippen LogP contribution in [0.2, 0.25) is 0 Å². The summed E-state index contributed by atoms with van der Waals surface area (Å²) in [4.78, 5) is 23.2. The Bertz CT molecular complexity index is 372. The van der Waals surface area contributed by atoms with E-state index in [9.17, 15) is 9.59 Å². The molecule has 5 heteroatoms. The molecule has 1 aliphatic heterocycles. The van der Waals surface area contributed by atoms with Crippen molar-refractivity contribution in [2.75, 3.05) is 13.1 Å². The first kappa shape index (κ1) is 12.0. The molecule has 0 aromatic heterocycles. The SMILES string of the molecule is O=C(O)C(NC(=O)C1CC12CCNCC2)C1CC1. The van der Waals surface area contributed by atoms with E-state index in [4.69, 9.17) is 5.11 Å². The first-order chi connectivity index (χ1) is 8.62. The Morgan fingerprint density at radius 1 is 1.28 bits per heavy atom. The number of hydrogen-bond acceptors (Lipinski definition) is 3. The highest BCUT2D eigenvalue weighted by atomic mass is 16.4. The minimum atomic E-state index is -0.883. The monoisotopic (exact) mass is 252 g/mol. The molecule has 5 nitrogen and oxygen atoms in total. The molecule has 100 valence electrons. The fraction of sp³-hybridized carbons (Fsp3) is 0.846. The maximum atomic E-state index is 12.1. The highest BCUT2D eigenvalue weighted by Gasteiger charge is 2.58. The van der Waals surface area contributed by atoms with Gasteiger partial charge in [-0.15, -0.1) is 0 Å². The summed E-state index contributed by atoms with van der Waals surface area (Å²) in [6.07, 6.45) is 4.89. The second kappa shape index (κ2) is 4.23. The van der Waals surface area contributed by atoms with E-state index in [2.05, 4.69) is 10.6 Å². The Hall–Kier alpha value is -1.10. The van der Waals surface area contributed by atoms with Gasteiger partial charge in [-0.25, -0.2) is 4.79 Å². The van der Waals surface area contributed by atoms with Gasteiger partial charge >= 0.3 is 5.97 Å². The van der Waals surface area contributed by atoms with Crippen molar-refractivity contribution in [3.8, 4) is 0 Å². The van der Waals surface area contributed by atoms with Crippen LogP contribution in [0.5, 0.6) is 0 Å². The van der Waals surface area contributed by atoms with E-state index in [-0.39, 0.29) is 23.2 Å². The molecular weight excluding hydrogens is 232 g/mol. The van der Waals surface area contributed by atoms with Gasteiger partial charge in [0.05, 0.1) is 0 Å². The number of piperidine rings is 1. The molecule has 0 bridgehead atoms. The number of rotatable bonds is 4. The van der Waals surface area contributed by atoms with E-state index in [1.165, 1.54) is 0 Å². The van der Waals surface area contributed by atoms with Crippen molar-refractivity contribution in [2.45, 2.75) is 38.1 Å². The van der Waals surface area contributed by atoms with Gasteiger partial charge in [0, 0.05) is 5.92 Å². The maximum absolute atomic E-state index is 12.1. The predicted octanol–water partition coefficient (Wildman–Crippen LogP) is 0.355. The zero-order valence-corrected chi connectivity index (χ0v) is 10.4. The van der Waals surface area contributed by atoms with Gasteiger partial charge in [0.25, 0.3) is 0 Å². The Morgan fingerprint density at radius 2 is 1.94 bits per heavy atom. The summed E-state index contributed by atoms with van der Waals surface area (Å²) in [5, 5.41) is 15.2. The van der Waals surface area contributed by atoms with Crippen LogP contribution >= 0.6 is 0 Å². The van der Waals surface area contributed by atoms with Crippen LogP contribution in [-0.4, -0.2) is 36.1 Å². The topological polar surface area (TPSA) is 78.4 Å². The highest BCUT2D eigenvalue weighted by Crippen LogP contribution is 2.58. The number of hydrogen-bond donors (Lipinski definition) is 3. The Kier molecular flexibility index (Phi) is 2.81. The number of carboxylic acid groups (broad SMARTS) is 1. The van der Waals surface area contributed by atoms with Crippen LogP contribution in [0.25, 0.3) is 0 Å². The van der Waals surface area contributed by atoms with Crippen LogP contribution in [0, 0.1) is 17.3 Å². The molecule has 1 spiro atoms. The van der Waals surface area contributed by atoms with Gasteiger partial charge in [0.2, 0.25) is 5.91 Å². The van der Waals surface area contributed by atoms with Gasteiger partial charge < -0.3 is 15.7 Å². The van der Waals surface area contributed by atoms with Crippen molar-refractivity contribution < 1.29 is 14.7 Å². The molecule has 1 saturated heterocycles. The molecule has 3 aliphatic rings. The van der Waals surface area contributed by atoms with Crippen LogP contribution in [0.15, 0.2) is 0 Å². The molecule has 18 heavy (non-hydrogen) atoms. The van der Waals surface area contributed by atoms with Crippen LogP contribution in [-0.2, 0) is 9.59 Å². The van der Waals surface area contributed by atoms with Crippen molar-refractivity contribution in [3.05, 3.63) is 0 Å². The first-order valence-corrected chi connectivity index (χ1v) is 6.86. The summed E-state index contributed by atoms with van der Waals surface area (Å²) < 4.78 is 0. The molecule has 0 aromatic carbocycles. The minimum Gasteiger partial charge on any atom is -0.480 e. The van der Waals surface area contributed by atoms with E-state index in [1.807, 2.05) is 0 Å². The normalized spacial score (nSPS) is 30.8. The summed E-state index contributed by atoms with van der Waals surface area (Å²) in [6.45, 7) is 1.96. The second-order valence-corrected chi connectivity index (χ2v) is 6.03. The standard InChI is InChI=1S/C13H20N2O3/c16-11(15-10(12(17)18)8-1-2-8)9-7-13(9)3-5-14-6-4-13/h8-10,14H,1-7H2,(H,15,16)(H,17,18). The van der Waals surface area contributed by atoms with Gasteiger partial charge in [-0.2, -0.15) is 0 Å². The molecule has 2 saturated carbocycles. The number of amides is 1. The molecule has 3 fully saturated rings. The zero-order valence-electron chi connectivity index (χ0n) is 10.4. The summed E-state index contributed by atoms with van der Waals surface area (Å²) in [5.74, 6) is -0.698. The van der Waals surface area contributed by atoms with E-state index in [0.717, 1.165) is 45.2 Å². The van der Waals surface area contributed by atoms with Gasteiger partial charge in [0.1, 0.15) is 6.04 Å². The molecular formula is C13H20N2O3. The van der Waals surface area contributed by atoms with Crippen molar-refractivity contribution in [3.63, 3.8) is 0 Å². The fourth-order valence-electron chi connectivity index (χ4n) is 3.26. The smallest absolute Gasteiger partial charge is 0.326 e. The van der Waals surface area contributed by atoms with Crippen LogP contribution in [0.3, 0.4) is 0 Å². The molecule has 3 rings (SSSR count). The van der Waals surface area contributed by atoms with Crippen molar-refractivity contribution >= 4 is 11.9 Å². The van der Waals surface area contributed by atoms with Gasteiger partial charge in [0.15, 0.2) is 0 Å². The lowest BCUT2D eigenvalue weighted by atomic mass is 9.91. The molecule has 2 aliphatic carbocycles. The lowest BCUT2D eigenvalue weighted by molar-refractivity contribution is -0.142. The van der Waals surface area contributed by atoms with E-state index < -0.39 is 12.0 Å².